The fourth-order valence-corrected chi connectivity index (χ4v) is 1.43. The summed E-state index contributed by atoms with van der Waals surface area (Å²) in [5.41, 5.74) is -0.621. The molecule has 1 heterocycles. The van der Waals surface area contributed by atoms with Gasteiger partial charge in [0, 0.05) is 29.3 Å². The van der Waals surface area contributed by atoms with E-state index >= 15 is 0 Å². The van der Waals surface area contributed by atoms with Crippen molar-refractivity contribution in [1.82, 2.24) is 10.2 Å². The van der Waals surface area contributed by atoms with Crippen LogP contribution in [0.3, 0.4) is 0 Å². The number of carbonyl (C=O) groups excluding carboxylic acids is 1. The van der Waals surface area contributed by atoms with Crippen LogP contribution in [0.1, 0.15) is 38.7 Å². The molecule has 0 aromatic heterocycles. The van der Waals surface area contributed by atoms with Crippen LogP contribution in [0.5, 0.6) is 0 Å². The maximum Gasteiger partial charge on any atom is 0.410 e. The van der Waals surface area contributed by atoms with E-state index in [2.05, 4.69) is 5.32 Å². The summed E-state index contributed by atoms with van der Waals surface area (Å²) < 4.78 is 27.7. The van der Waals surface area contributed by atoms with Crippen molar-refractivity contribution in [2.24, 2.45) is 0 Å². The molecule has 0 aromatic rings. The molecule has 15 heavy (non-hydrogen) atoms. The molecule has 0 aromatic carbocycles. The standard InChI is InChI=1S/C11H22N2O2/c1-8-7-13(9(2)6-12-8)10(14)15-11(3,4)5/h8-9,12H,6-7H2,1-5H3/t8-,9+/m0/s1/i2D3. The molecule has 1 saturated heterocycles. The lowest BCUT2D eigenvalue weighted by atomic mass is 10.1. The highest BCUT2D eigenvalue weighted by molar-refractivity contribution is 5.68. The SMILES string of the molecule is [2H]C([2H])([2H])[C@@H]1CN[C@@H](C)CN1C(=O)OC(C)(C)C. The molecule has 0 spiro atoms. The fraction of sp³-hybridized carbons (Fsp3) is 0.909. The Labute approximate surface area is 96.2 Å². The predicted molar refractivity (Wildman–Crippen MR) is 59.9 cm³/mol. The van der Waals surface area contributed by atoms with E-state index in [4.69, 9.17) is 8.85 Å². The molecule has 1 aliphatic heterocycles. The zero-order chi connectivity index (χ0) is 14.1. The molecule has 2 atom stereocenters. The molecule has 1 fully saturated rings. The van der Waals surface area contributed by atoms with Crippen molar-refractivity contribution in [2.45, 2.75) is 52.2 Å². The van der Waals surface area contributed by atoms with Crippen LogP contribution in [0.25, 0.3) is 0 Å². The van der Waals surface area contributed by atoms with Crippen LogP contribution in [0.4, 0.5) is 4.79 Å². The number of ether oxygens (including phenoxy) is 1. The molecule has 4 heteroatoms. The Bertz CT molecular complexity index is 312. The topological polar surface area (TPSA) is 41.6 Å². The summed E-state index contributed by atoms with van der Waals surface area (Å²) in [6.07, 6.45) is -0.558. The largest absolute Gasteiger partial charge is 0.444 e. The molecule has 0 unspecified atom stereocenters. The van der Waals surface area contributed by atoms with Gasteiger partial charge in [0.25, 0.3) is 0 Å². The van der Waals surface area contributed by atoms with Crippen molar-refractivity contribution < 1.29 is 13.6 Å². The van der Waals surface area contributed by atoms with Crippen LogP contribution in [-0.4, -0.2) is 41.8 Å². The molecule has 4 nitrogen and oxygen atoms in total. The molecule has 1 amide bonds. The van der Waals surface area contributed by atoms with Crippen LogP contribution >= 0.6 is 0 Å². The van der Waals surface area contributed by atoms with Gasteiger partial charge in [0.1, 0.15) is 5.60 Å². The minimum absolute atomic E-state index is 0.0659. The average molecular weight is 217 g/mol. The lowest BCUT2D eigenvalue weighted by Gasteiger charge is -2.38. The number of carbonyl (C=O) groups is 1. The molecule has 0 bridgehead atoms. The fourth-order valence-electron chi connectivity index (χ4n) is 1.43. The molecule has 1 N–H and O–H groups in total. The number of nitrogens with zero attached hydrogens (tertiary/aromatic N) is 1. The van der Waals surface area contributed by atoms with Crippen molar-refractivity contribution in [2.75, 3.05) is 13.1 Å². The Balaban J connectivity index is 2.82. The number of rotatable bonds is 0. The maximum atomic E-state index is 12.0. The summed E-state index contributed by atoms with van der Waals surface area (Å²) in [6, 6.07) is -0.764. The van der Waals surface area contributed by atoms with E-state index in [1.54, 1.807) is 20.8 Å². The Morgan fingerprint density at radius 1 is 1.60 bits per heavy atom. The van der Waals surface area contributed by atoms with Gasteiger partial charge in [-0.25, -0.2) is 4.79 Å². The first-order valence-corrected chi connectivity index (χ1v) is 5.24. The molecule has 88 valence electrons. The Morgan fingerprint density at radius 2 is 2.27 bits per heavy atom. The first-order valence-electron chi connectivity index (χ1n) is 6.74. The van der Waals surface area contributed by atoms with Gasteiger partial charge in [-0.2, -0.15) is 0 Å². The highest BCUT2D eigenvalue weighted by Crippen LogP contribution is 2.14. The first kappa shape index (κ1) is 8.39. The second-order valence-corrected chi connectivity index (χ2v) is 4.96. The van der Waals surface area contributed by atoms with E-state index in [1.165, 1.54) is 4.90 Å². The van der Waals surface area contributed by atoms with E-state index in [1.807, 2.05) is 6.92 Å². The van der Waals surface area contributed by atoms with Gasteiger partial charge in [-0.05, 0) is 34.5 Å². The minimum atomic E-state index is -2.20. The van der Waals surface area contributed by atoms with Crippen molar-refractivity contribution >= 4 is 6.09 Å². The summed E-state index contributed by atoms with van der Waals surface area (Å²) in [6.45, 7) is 5.61. The monoisotopic (exact) mass is 217 g/mol. The van der Waals surface area contributed by atoms with E-state index in [0.29, 0.717) is 6.54 Å². The summed E-state index contributed by atoms with van der Waals surface area (Å²) in [5, 5.41) is 3.08. The second kappa shape index (κ2) is 4.39. The van der Waals surface area contributed by atoms with Crippen molar-refractivity contribution in [1.29, 1.82) is 0 Å². The van der Waals surface area contributed by atoms with E-state index in [9.17, 15) is 4.79 Å². The Morgan fingerprint density at radius 3 is 2.80 bits per heavy atom. The third-order valence-electron chi connectivity index (χ3n) is 2.13. The second-order valence-electron chi connectivity index (χ2n) is 4.96. The Hall–Kier alpha value is -0.770. The Kier molecular flexibility index (Phi) is 2.46. The quantitative estimate of drug-likeness (QED) is 0.670. The lowest BCUT2D eigenvalue weighted by molar-refractivity contribution is 0.0104. The smallest absolute Gasteiger partial charge is 0.410 e. The summed E-state index contributed by atoms with van der Waals surface area (Å²) in [7, 11) is 0. The van der Waals surface area contributed by atoms with Gasteiger partial charge in [-0.15, -0.1) is 0 Å². The molecular weight excluding hydrogens is 192 g/mol. The number of amides is 1. The number of hydrogen-bond acceptors (Lipinski definition) is 3. The van der Waals surface area contributed by atoms with Gasteiger partial charge < -0.3 is 15.0 Å². The molecular formula is C11H22N2O2. The number of hydrogen-bond donors (Lipinski definition) is 1. The highest BCUT2D eigenvalue weighted by atomic mass is 16.6. The molecule has 0 saturated carbocycles. The average Bonchev–Trinajstić information content (AvgIpc) is 2.12. The van der Waals surface area contributed by atoms with Crippen molar-refractivity contribution in [3.05, 3.63) is 0 Å². The summed E-state index contributed by atoms with van der Waals surface area (Å²) in [4.78, 5) is 13.4. The van der Waals surface area contributed by atoms with Crippen LogP contribution < -0.4 is 5.32 Å². The van der Waals surface area contributed by atoms with Crippen LogP contribution in [-0.2, 0) is 4.74 Å². The number of piperazine rings is 1. The zero-order valence-corrected chi connectivity index (χ0v) is 9.83. The molecule has 0 radical (unpaired) electrons. The van der Waals surface area contributed by atoms with Gasteiger partial charge in [0.05, 0.1) is 0 Å². The van der Waals surface area contributed by atoms with Crippen LogP contribution in [0.15, 0.2) is 0 Å². The summed E-state index contributed by atoms with van der Waals surface area (Å²) >= 11 is 0. The van der Waals surface area contributed by atoms with Crippen LogP contribution in [0, 0.1) is 0 Å². The number of nitrogens with one attached hydrogen (secondary N) is 1. The third-order valence-corrected chi connectivity index (χ3v) is 2.13. The molecule has 0 aliphatic carbocycles. The highest BCUT2D eigenvalue weighted by Gasteiger charge is 2.29. The minimum Gasteiger partial charge on any atom is -0.444 e. The predicted octanol–water partition coefficient (Wildman–Crippen LogP) is 1.60. The van der Waals surface area contributed by atoms with Gasteiger partial charge in [0.2, 0.25) is 0 Å². The zero-order valence-electron chi connectivity index (χ0n) is 12.8. The van der Waals surface area contributed by atoms with Gasteiger partial charge >= 0.3 is 6.09 Å². The third kappa shape index (κ3) is 3.70. The van der Waals surface area contributed by atoms with Crippen LogP contribution in [0.2, 0.25) is 0 Å². The first-order chi connectivity index (χ1) is 8.00. The van der Waals surface area contributed by atoms with E-state index in [-0.39, 0.29) is 12.6 Å². The van der Waals surface area contributed by atoms with Gasteiger partial charge in [-0.3, -0.25) is 0 Å². The molecule has 1 rings (SSSR count). The normalized spacial score (nSPS) is 31.5. The summed E-state index contributed by atoms with van der Waals surface area (Å²) in [5.74, 6) is 0. The van der Waals surface area contributed by atoms with E-state index in [0.717, 1.165) is 0 Å². The van der Waals surface area contributed by atoms with Crippen molar-refractivity contribution in [3.63, 3.8) is 0 Å². The van der Waals surface area contributed by atoms with Crippen molar-refractivity contribution in [3.8, 4) is 0 Å². The van der Waals surface area contributed by atoms with E-state index < -0.39 is 24.6 Å². The van der Waals surface area contributed by atoms with Gasteiger partial charge in [0.15, 0.2) is 0 Å². The van der Waals surface area contributed by atoms with Gasteiger partial charge in [-0.1, -0.05) is 0 Å². The maximum absolute atomic E-state index is 12.0. The molecule has 1 aliphatic rings. The lowest BCUT2D eigenvalue weighted by Crippen LogP contribution is -2.57.